The molecule has 0 amide bonds. The molecule has 7 nitrogen and oxygen atoms in total. The zero-order valence-electron chi connectivity index (χ0n) is 8.55. The number of carboxylic acids is 1. The standard InChI is InChI=1S/C8H10ClN3O4S/c9-6-5(8(13)14)1-2-11-7(6)12-3-4-17(10,15)16/h1-2H,3-4H2,(H,11,12)(H,13,14)(H2,10,15,16). The molecule has 0 unspecified atom stereocenters. The van der Waals surface area contributed by atoms with E-state index < -0.39 is 16.0 Å². The summed E-state index contributed by atoms with van der Waals surface area (Å²) in [6.07, 6.45) is 1.26. The first-order chi connectivity index (χ1) is 7.81. The van der Waals surface area contributed by atoms with Gasteiger partial charge in [-0.2, -0.15) is 0 Å². The van der Waals surface area contributed by atoms with Gasteiger partial charge in [0.05, 0.1) is 16.3 Å². The molecule has 94 valence electrons. The van der Waals surface area contributed by atoms with Gasteiger partial charge in [0.25, 0.3) is 0 Å². The third kappa shape index (κ3) is 4.17. The van der Waals surface area contributed by atoms with Gasteiger partial charge in [0.15, 0.2) is 0 Å². The smallest absolute Gasteiger partial charge is 0.337 e. The Hall–Kier alpha value is -1.38. The molecule has 0 atom stereocenters. The normalized spacial score (nSPS) is 11.2. The van der Waals surface area contributed by atoms with Crippen molar-refractivity contribution in [2.45, 2.75) is 0 Å². The highest BCUT2D eigenvalue weighted by Gasteiger charge is 2.13. The molecule has 1 aromatic rings. The molecule has 1 heterocycles. The Bertz CT molecular complexity index is 532. The Kier molecular flexibility index (Phi) is 4.27. The number of nitrogens with zero attached hydrogens (tertiary/aromatic N) is 1. The SMILES string of the molecule is NS(=O)(=O)CCNc1nccc(C(=O)O)c1Cl. The number of primary sulfonamides is 1. The van der Waals surface area contributed by atoms with Crippen LogP contribution in [0.15, 0.2) is 12.3 Å². The van der Waals surface area contributed by atoms with Crippen molar-refractivity contribution in [3.8, 4) is 0 Å². The number of anilines is 1. The third-order valence-corrected chi connectivity index (χ3v) is 2.95. The minimum Gasteiger partial charge on any atom is -0.478 e. The van der Waals surface area contributed by atoms with E-state index in [-0.39, 0.29) is 28.7 Å². The fourth-order valence-electron chi connectivity index (χ4n) is 1.04. The average molecular weight is 280 g/mol. The number of aromatic nitrogens is 1. The second kappa shape index (κ2) is 5.30. The minimum atomic E-state index is -3.58. The van der Waals surface area contributed by atoms with Gasteiger partial charge >= 0.3 is 5.97 Å². The Morgan fingerprint density at radius 1 is 1.59 bits per heavy atom. The van der Waals surface area contributed by atoms with E-state index in [2.05, 4.69) is 10.3 Å². The molecule has 9 heteroatoms. The number of hydrogen-bond acceptors (Lipinski definition) is 5. The first-order valence-electron chi connectivity index (χ1n) is 4.43. The molecule has 0 aliphatic heterocycles. The Morgan fingerprint density at radius 2 is 2.24 bits per heavy atom. The number of pyridine rings is 1. The van der Waals surface area contributed by atoms with Crippen molar-refractivity contribution < 1.29 is 18.3 Å². The molecule has 17 heavy (non-hydrogen) atoms. The van der Waals surface area contributed by atoms with Crippen LogP contribution in [0.25, 0.3) is 0 Å². The number of halogens is 1. The number of carboxylic acid groups (broad SMARTS) is 1. The zero-order chi connectivity index (χ0) is 13.1. The summed E-state index contributed by atoms with van der Waals surface area (Å²) >= 11 is 5.77. The molecule has 0 aliphatic rings. The molecule has 1 rings (SSSR count). The Balaban J connectivity index is 2.79. The van der Waals surface area contributed by atoms with Crippen LogP contribution in [-0.4, -0.2) is 36.8 Å². The van der Waals surface area contributed by atoms with Gasteiger partial charge in [-0.05, 0) is 6.07 Å². The summed E-state index contributed by atoms with van der Waals surface area (Å²) in [6, 6.07) is 1.25. The zero-order valence-corrected chi connectivity index (χ0v) is 10.1. The first-order valence-corrected chi connectivity index (χ1v) is 6.53. The summed E-state index contributed by atoms with van der Waals surface area (Å²) in [5, 5.41) is 16.1. The van der Waals surface area contributed by atoms with Gasteiger partial charge in [-0.15, -0.1) is 0 Å². The van der Waals surface area contributed by atoms with Gasteiger partial charge in [0, 0.05) is 12.7 Å². The lowest BCUT2D eigenvalue weighted by Gasteiger charge is -2.07. The van der Waals surface area contributed by atoms with Crippen molar-refractivity contribution in [1.82, 2.24) is 4.98 Å². The van der Waals surface area contributed by atoms with Crippen LogP contribution in [-0.2, 0) is 10.0 Å². The Labute approximate surface area is 103 Å². The van der Waals surface area contributed by atoms with Crippen LogP contribution in [0.4, 0.5) is 5.82 Å². The van der Waals surface area contributed by atoms with Gasteiger partial charge in [-0.3, -0.25) is 0 Å². The fraction of sp³-hybridized carbons (Fsp3) is 0.250. The largest absolute Gasteiger partial charge is 0.478 e. The Morgan fingerprint density at radius 3 is 2.76 bits per heavy atom. The number of nitrogens with one attached hydrogen (secondary N) is 1. The van der Waals surface area contributed by atoms with E-state index in [9.17, 15) is 13.2 Å². The van der Waals surface area contributed by atoms with Gasteiger partial charge in [-0.1, -0.05) is 11.6 Å². The molecule has 1 aromatic heterocycles. The van der Waals surface area contributed by atoms with Crippen molar-refractivity contribution >= 4 is 33.4 Å². The maximum atomic E-state index is 10.8. The van der Waals surface area contributed by atoms with E-state index in [1.54, 1.807) is 0 Å². The molecular formula is C8H10ClN3O4S. The van der Waals surface area contributed by atoms with E-state index in [1.807, 2.05) is 0 Å². The number of carbonyl (C=O) groups is 1. The predicted molar refractivity (Wildman–Crippen MR) is 62.7 cm³/mol. The molecule has 0 radical (unpaired) electrons. The van der Waals surface area contributed by atoms with Crippen LogP contribution >= 0.6 is 11.6 Å². The molecule has 0 spiro atoms. The second-order valence-electron chi connectivity index (χ2n) is 3.12. The predicted octanol–water partition coefficient (Wildman–Crippen LogP) is 0.134. The average Bonchev–Trinajstić information content (AvgIpc) is 2.18. The first kappa shape index (κ1) is 13.7. The topological polar surface area (TPSA) is 122 Å². The number of nitrogens with two attached hydrogens (primary N) is 1. The van der Waals surface area contributed by atoms with Crippen molar-refractivity contribution in [3.63, 3.8) is 0 Å². The molecule has 0 aromatic carbocycles. The lowest BCUT2D eigenvalue weighted by Crippen LogP contribution is -2.22. The van der Waals surface area contributed by atoms with Crippen LogP contribution in [0, 0.1) is 0 Å². The van der Waals surface area contributed by atoms with Crippen LogP contribution in [0.3, 0.4) is 0 Å². The summed E-state index contributed by atoms with van der Waals surface area (Å²) in [7, 11) is -3.58. The molecule has 0 saturated heterocycles. The number of sulfonamides is 1. The summed E-state index contributed by atoms with van der Waals surface area (Å²) in [5.74, 6) is -1.38. The van der Waals surface area contributed by atoms with Crippen molar-refractivity contribution in [3.05, 3.63) is 22.8 Å². The molecule has 0 fully saturated rings. The minimum absolute atomic E-state index is 0.00533. The van der Waals surface area contributed by atoms with E-state index >= 15 is 0 Å². The van der Waals surface area contributed by atoms with Gasteiger partial charge in [0.2, 0.25) is 10.0 Å². The van der Waals surface area contributed by atoms with Crippen molar-refractivity contribution in [2.24, 2.45) is 5.14 Å². The van der Waals surface area contributed by atoms with Crippen LogP contribution in [0.5, 0.6) is 0 Å². The quantitative estimate of drug-likeness (QED) is 0.704. The molecule has 4 N–H and O–H groups in total. The highest BCUT2D eigenvalue weighted by Crippen LogP contribution is 2.23. The van der Waals surface area contributed by atoms with Crippen LogP contribution < -0.4 is 10.5 Å². The molecule has 0 aliphatic carbocycles. The summed E-state index contributed by atoms with van der Waals surface area (Å²) in [4.78, 5) is 14.6. The van der Waals surface area contributed by atoms with Crippen molar-refractivity contribution in [1.29, 1.82) is 0 Å². The van der Waals surface area contributed by atoms with Gasteiger partial charge < -0.3 is 10.4 Å². The van der Waals surface area contributed by atoms with Crippen molar-refractivity contribution in [2.75, 3.05) is 17.6 Å². The summed E-state index contributed by atoms with van der Waals surface area (Å²) < 4.78 is 21.3. The molecule has 0 saturated carbocycles. The summed E-state index contributed by atoms with van der Waals surface area (Å²) in [5.41, 5.74) is -0.111. The molecule has 0 bridgehead atoms. The molecular weight excluding hydrogens is 270 g/mol. The van der Waals surface area contributed by atoms with Crippen LogP contribution in [0.1, 0.15) is 10.4 Å². The highest BCUT2D eigenvalue weighted by molar-refractivity contribution is 7.89. The number of aromatic carboxylic acids is 1. The maximum absolute atomic E-state index is 10.8. The van der Waals surface area contributed by atoms with Gasteiger partial charge in [-0.25, -0.2) is 23.3 Å². The number of hydrogen-bond donors (Lipinski definition) is 3. The van der Waals surface area contributed by atoms with E-state index in [4.69, 9.17) is 21.8 Å². The van der Waals surface area contributed by atoms with E-state index in [0.717, 1.165) is 0 Å². The maximum Gasteiger partial charge on any atom is 0.337 e. The fourth-order valence-corrected chi connectivity index (χ4v) is 1.69. The number of rotatable bonds is 5. The van der Waals surface area contributed by atoms with E-state index in [1.165, 1.54) is 12.3 Å². The monoisotopic (exact) mass is 279 g/mol. The second-order valence-corrected chi connectivity index (χ2v) is 5.23. The van der Waals surface area contributed by atoms with E-state index in [0.29, 0.717) is 0 Å². The summed E-state index contributed by atoms with van der Waals surface area (Å²) in [6.45, 7) is -0.00533. The van der Waals surface area contributed by atoms with Crippen LogP contribution in [0.2, 0.25) is 5.02 Å². The lowest BCUT2D eigenvalue weighted by molar-refractivity contribution is 0.0697. The third-order valence-electron chi connectivity index (χ3n) is 1.80. The lowest BCUT2D eigenvalue weighted by atomic mass is 10.2. The van der Waals surface area contributed by atoms with Gasteiger partial charge in [0.1, 0.15) is 5.82 Å². The highest BCUT2D eigenvalue weighted by atomic mass is 35.5.